The van der Waals surface area contributed by atoms with Crippen LogP contribution in [-0.2, 0) is 4.79 Å². The van der Waals surface area contributed by atoms with Gasteiger partial charge in [0.1, 0.15) is 10.8 Å². The number of carbonyl (C=O) groups is 2. The zero-order valence-electron chi connectivity index (χ0n) is 18.4. The minimum atomic E-state index is -0.0223. The van der Waals surface area contributed by atoms with Crippen LogP contribution in [0.3, 0.4) is 0 Å². The maximum Gasteiger partial charge on any atom is 0.299 e. The van der Waals surface area contributed by atoms with Gasteiger partial charge in [0.25, 0.3) is 6.47 Å². The first-order valence-electron chi connectivity index (χ1n) is 10.5. The van der Waals surface area contributed by atoms with Gasteiger partial charge >= 0.3 is 0 Å². The normalized spacial score (nSPS) is 11.0. The summed E-state index contributed by atoms with van der Waals surface area (Å²) in [4.78, 5) is 29.3. The first kappa shape index (κ1) is 22.0. The zero-order valence-corrected chi connectivity index (χ0v) is 20.0. The third kappa shape index (κ3) is 3.89. The van der Waals surface area contributed by atoms with Crippen molar-refractivity contribution in [2.24, 2.45) is 0 Å². The first-order valence-corrected chi connectivity index (χ1v) is 12.2. The molecule has 7 heteroatoms. The number of hydrogen-bond donors (Lipinski definition) is 1. The van der Waals surface area contributed by atoms with Gasteiger partial charge in [-0.2, -0.15) is 0 Å². The monoisotopic (exact) mass is 485 g/mol. The molecule has 0 atom stereocenters. The number of aromatic hydroxyl groups is 1. The number of hydrogen-bond acceptors (Lipinski definition) is 7. The van der Waals surface area contributed by atoms with Gasteiger partial charge in [-0.05, 0) is 48.7 Å². The summed E-state index contributed by atoms with van der Waals surface area (Å²) in [6.07, 6.45) is 0. The van der Waals surface area contributed by atoms with Crippen LogP contribution in [0.2, 0.25) is 0 Å². The average Bonchev–Trinajstić information content (AvgIpc) is 3.44. The van der Waals surface area contributed by atoms with E-state index in [0.717, 1.165) is 42.9 Å². The van der Waals surface area contributed by atoms with Crippen LogP contribution in [0.15, 0.2) is 66.0 Å². The Morgan fingerprint density at radius 3 is 2.41 bits per heavy atom. The molecule has 0 fully saturated rings. The van der Waals surface area contributed by atoms with E-state index >= 15 is 0 Å². The van der Waals surface area contributed by atoms with E-state index in [1.807, 2.05) is 62.4 Å². The van der Waals surface area contributed by atoms with E-state index < -0.39 is 0 Å². The van der Waals surface area contributed by atoms with Crippen molar-refractivity contribution < 1.29 is 19.4 Å². The number of phenols is 1. The van der Waals surface area contributed by atoms with Crippen molar-refractivity contribution in [3.8, 4) is 33.3 Å². The van der Waals surface area contributed by atoms with Crippen molar-refractivity contribution in [1.82, 2.24) is 4.98 Å². The van der Waals surface area contributed by atoms with Gasteiger partial charge in [-0.3, -0.25) is 9.59 Å². The van der Waals surface area contributed by atoms with Gasteiger partial charge in [-0.25, -0.2) is 4.98 Å². The molecular formula is C27H19NO4S2. The number of ketones is 1. The number of carbonyl (C=O) groups excluding carboxylic acids is 2. The number of thiophene rings is 1. The van der Waals surface area contributed by atoms with Crippen LogP contribution in [0.25, 0.3) is 31.8 Å². The Labute approximate surface area is 203 Å². The molecule has 0 unspecified atom stereocenters. The van der Waals surface area contributed by atoms with Crippen LogP contribution in [-0.4, -0.2) is 22.3 Å². The number of aromatic nitrogens is 1. The van der Waals surface area contributed by atoms with Gasteiger partial charge in [0.2, 0.25) is 11.7 Å². The summed E-state index contributed by atoms with van der Waals surface area (Å²) in [6.45, 7) is 4.25. The Morgan fingerprint density at radius 1 is 1.00 bits per heavy atom. The number of ether oxygens (including phenoxy) is 1. The predicted molar refractivity (Wildman–Crippen MR) is 136 cm³/mol. The van der Waals surface area contributed by atoms with Crippen LogP contribution in [0.1, 0.15) is 26.4 Å². The summed E-state index contributed by atoms with van der Waals surface area (Å²) < 4.78 is 5.67. The van der Waals surface area contributed by atoms with Gasteiger partial charge in [0.05, 0.1) is 10.3 Å². The van der Waals surface area contributed by atoms with Crippen molar-refractivity contribution in [2.45, 2.75) is 13.8 Å². The number of benzene rings is 3. The maximum atomic E-state index is 13.8. The van der Waals surface area contributed by atoms with Crippen LogP contribution in [0.5, 0.6) is 11.6 Å². The van der Waals surface area contributed by atoms with Crippen molar-refractivity contribution in [3.05, 3.63) is 87.6 Å². The lowest BCUT2D eigenvalue weighted by Crippen LogP contribution is -2.05. The van der Waals surface area contributed by atoms with Crippen molar-refractivity contribution >= 4 is 45.0 Å². The second-order valence-electron chi connectivity index (χ2n) is 7.86. The second-order valence-corrected chi connectivity index (χ2v) is 9.78. The Balaban J connectivity index is 1.64. The number of thiazole rings is 1. The molecule has 0 aliphatic heterocycles. The van der Waals surface area contributed by atoms with Crippen LogP contribution < -0.4 is 4.74 Å². The molecule has 34 heavy (non-hydrogen) atoms. The number of nitrogens with zero attached hydrogens (tertiary/aromatic N) is 1. The first-order chi connectivity index (χ1) is 16.5. The lowest BCUT2D eigenvalue weighted by atomic mass is 9.93. The van der Waals surface area contributed by atoms with E-state index in [4.69, 9.17) is 4.74 Å². The predicted octanol–water partition coefficient (Wildman–Crippen LogP) is 6.78. The molecule has 2 heterocycles. The minimum Gasteiger partial charge on any atom is -0.508 e. The van der Waals surface area contributed by atoms with Gasteiger partial charge in [-0.1, -0.05) is 42.5 Å². The Kier molecular flexibility index (Phi) is 5.73. The highest BCUT2D eigenvalue weighted by atomic mass is 32.1. The van der Waals surface area contributed by atoms with E-state index in [1.165, 1.54) is 22.7 Å². The molecule has 0 radical (unpaired) electrons. The largest absolute Gasteiger partial charge is 0.508 e. The quantitative estimate of drug-likeness (QED) is 0.212. The molecule has 0 aliphatic carbocycles. The molecule has 5 nitrogen and oxygen atoms in total. The van der Waals surface area contributed by atoms with E-state index in [9.17, 15) is 14.7 Å². The van der Waals surface area contributed by atoms with Gasteiger partial charge in [-0.15, -0.1) is 22.7 Å². The Morgan fingerprint density at radius 2 is 1.71 bits per heavy atom. The average molecular weight is 486 g/mol. The van der Waals surface area contributed by atoms with Crippen molar-refractivity contribution in [1.29, 1.82) is 0 Å². The fraction of sp³-hybridized carbons (Fsp3) is 0.0741. The Bertz CT molecular complexity index is 1530. The molecule has 3 aromatic carbocycles. The minimum absolute atomic E-state index is 0.0223. The maximum absolute atomic E-state index is 13.8. The highest BCUT2D eigenvalue weighted by Crippen LogP contribution is 2.42. The van der Waals surface area contributed by atoms with Gasteiger partial charge < -0.3 is 9.84 Å². The summed E-state index contributed by atoms with van der Waals surface area (Å²) in [5, 5.41) is 13.4. The van der Waals surface area contributed by atoms with Gasteiger partial charge in [0, 0.05) is 26.8 Å². The number of phenolic OH excluding ortho intramolecular Hbond substituents is 1. The fourth-order valence-electron chi connectivity index (χ4n) is 4.09. The second kappa shape index (κ2) is 8.85. The Hall–Kier alpha value is -3.81. The van der Waals surface area contributed by atoms with E-state index in [-0.39, 0.29) is 17.4 Å². The fourth-order valence-corrected chi connectivity index (χ4v) is 6.03. The van der Waals surface area contributed by atoms with E-state index in [2.05, 4.69) is 4.98 Å². The SMILES string of the molecule is Cc1cccc(C)c1C(=O)c1sc2cc(O)ccc2c1-c1ccc(-c2nc(OC=O)cs2)cc1. The highest BCUT2D eigenvalue weighted by Gasteiger charge is 2.23. The molecular weight excluding hydrogens is 466 g/mol. The molecule has 0 amide bonds. The van der Waals surface area contributed by atoms with Crippen LogP contribution in [0, 0.1) is 13.8 Å². The molecule has 1 N–H and O–H groups in total. The number of fused-ring (bicyclic) bond motifs is 1. The van der Waals surface area contributed by atoms with E-state index in [1.54, 1.807) is 17.5 Å². The summed E-state index contributed by atoms with van der Waals surface area (Å²) >= 11 is 2.78. The molecule has 0 saturated carbocycles. The highest BCUT2D eigenvalue weighted by molar-refractivity contribution is 7.21. The van der Waals surface area contributed by atoms with Crippen LogP contribution in [0.4, 0.5) is 0 Å². The van der Waals surface area contributed by atoms with E-state index in [0.29, 0.717) is 16.9 Å². The molecule has 0 aliphatic rings. The summed E-state index contributed by atoms with van der Waals surface area (Å²) in [6, 6.07) is 18.9. The third-order valence-electron chi connectivity index (χ3n) is 5.66. The van der Waals surface area contributed by atoms with Crippen LogP contribution >= 0.6 is 22.7 Å². The lowest BCUT2D eigenvalue weighted by molar-refractivity contribution is -0.120. The summed E-state index contributed by atoms with van der Waals surface area (Å²) in [5.41, 5.74) is 5.21. The molecule has 2 aromatic heterocycles. The van der Waals surface area contributed by atoms with Gasteiger partial charge in [0.15, 0.2) is 0 Å². The van der Waals surface area contributed by atoms with Crippen molar-refractivity contribution in [2.75, 3.05) is 0 Å². The molecule has 0 bridgehead atoms. The molecule has 0 saturated heterocycles. The zero-order chi connectivity index (χ0) is 23.8. The molecule has 5 aromatic rings. The third-order valence-corrected chi connectivity index (χ3v) is 7.68. The topological polar surface area (TPSA) is 76.5 Å². The summed E-state index contributed by atoms with van der Waals surface area (Å²) in [7, 11) is 0. The molecule has 5 rings (SSSR count). The standard InChI is InChI=1S/C27H19NO4S2/c1-15-4-3-5-16(2)23(15)25(31)26-24(20-11-10-19(30)12-21(20)34-26)17-6-8-18(9-7-17)27-28-22(13-33-27)32-14-29/h3-14,30H,1-2H3. The van der Waals surface area contributed by atoms with Crippen molar-refractivity contribution in [3.63, 3.8) is 0 Å². The molecule has 0 spiro atoms. The lowest BCUT2D eigenvalue weighted by Gasteiger charge is -2.10. The number of rotatable bonds is 6. The molecule has 168 valence electrons. The smallest absolute Gasteiger partial charge is 0.299 e. The summed E-state index contributed by atoms with van der Waals surface area (Å²) in [5.74, 6) is 0.411. The number of aryl methyl sites for hydroxylation is 2.